The van der Waals surface area contributed by atoms with Crippen molar-refractivity contribution in [3.63, 3.8) is 0 Å². The molecule has 0 bridgehead atoms. The number of hydrogen-bond acceptors (Lipinski definition) is 3. The lowest BCUT2D eigenvalue weighted by Crippen LogP contribution is -2.26. The zero-order chi connectivity index (χ0) is 9.03. The van der Waals surface area contributed by atoms with Crippen LogP contribution in [-0.4, -0.2) is 33.1 Å². The van der Waals surface area contributed by atoms with Gasteiger partial charge in [-0.15, -0.1) is 0 Å². The molecule has 72 valence electrons. The highest BCUT2D eigenvalue weighted by Crippen LogP contribution is 2.18. The van der Waals surface area contributed by atoms with E-state index in [0.29, 0.717) is 17.4 Å². The molecule has 1 fully saturated rings. The molecule has 0 aromatic carbocycles. The SMILES string of the molecule is CCOCC1CCS(=O)(=O)CC1. The van der Waals surface area contributed by atoms with Crippen molar-refractivity contribution in [2.24, 2.45) is 5.92 Å². The van der Waals surface area contributed by atoms with Crippen molar-refractivity contribution in [2.75, 3.05) is 24.7 Å². The maximum Gasteiger partial charge on any atom is 0.150 e. The second-order valence-electron chi connectivity index (χ2n) is 3.25. The van der Waals surface area contributed by atoms with Gasteiger partial charge >= 0.3 is 0 Å². The minimum absolute atomic E-state index is 0.352. The highest BCUT2D eigenvalue weighted by Gasteiger charge is 2.23. The van der Waals surface area contributed by atoms with Gasteiger partial charge in [0.05, 0.1) is 11.5 Å². The molecule has 0 aromatic heterocycles. The summed E-state index contributed by atoms with van der Waals surface area (Å²) >= 11 is 0. The molecule has 0 saturated carbocycles. The number of sulfone groups is 1. The zero-order valence-electron chi connectivity index (χ0n) is 7.45. The fraction of sp³-hybridized carbons (Fsp3) is 1.00. The van der Waals surface area contributed by atoms with Crippen LogP contribution in [-0.2, 0) is 14.6 Å². The van der Waals surface area contributed by atoms with E-state index < -0.39 is 9.84 Å². The Balaban J connectivity index is 2.27. The van der Waals surface area contributed by atoms with Crippen LogP contribution in [0.2, 0.25) is 0 Å². The Morgan fingerprint density at radius 2 is 1.92 bits per heavy atom. The van der Waals surface area contributed by atoms with Crippen LogP contribution in [0, 0.1) is 5.92 Å². The van der Waals surface area contributed by atoms with E-state index in [9.17, 15) is 8.42 Å². The van der Waals surface area contributed by atoms with E-state index in [1.54, 1.807) is 0 Å². The van der Waals surface area contributed by atoms with Crippen LogP contribution in [0.15, 0.2) is 0 Å². The van der Waals surface area contributed by atoms with E-state index in [2.05, 4.69) is 0 Å². The largest absolute Gasteiger partial charge is 0.381 e. The summed E-state index contributed by atoms with van der Waals surface area (Å²) in [5.41, 5.74) is 0. The van der Waals surface area contributed by atoms with Gasteiger partial charge in [-0.05, 0) is 25.7 Å². The van der Waals surface area contributed by atoms with Gasteiger partial charge < -0.3 is 4.74 Å². The van der Waals surface area contributed by atoms with Crippen LogP contribution in [0.1, 0.15) is 19.8 Å². The van der Waals surface area contributed by atoms with E-state index >= 15 is 0 Å². The molecular formula is C8H16O3S. The fourth-order valence-corrected chi connectivity index (χ4v) is 2.98. The third-order valence-corrected chi connectivity index (χ3v) is 3.95. The minimum atomic E-state index is -2.70. The summed E-state index contributed by atoms with van der Waals surface area (Å²) < 4.78 is 27.3. The summed E-state index contributed by atoms with van der Waals surface area (Å²) in [5.74, 6) is 1.17. The van der Waals surface area contributed by atoms with E-state index in [4.69, 9.17) is 4.74 Å². The van der Waals surface area contributed by atoms with Crippen molar-refractivity contribution in [2.45, 2.75) is 19.8 Å². The quantitative estimate of drug-likeness (QED) is 0.665. The van der Waals surface area contributed by atoms with Gasteiger partial charge in [-0.25, -0.2) is 8.42 Å². The van der Waals surface area contributed by atoms with Crippen molar-refractivity contribution in [1.29, 1.82) is 0 Å². The molecule has 0 amide bonds. The zero-order valence-corrected chi connectivity index (χ0v) is 8.27. The van der Waals surface area contributed by atoms with Gasteiger partial charge in [0.2, 0.25) is 0 Å². The maximum absolute atomic E-state index is 11.0. The summed E-state index contributed by atoms with van der Waals surface area (Å²) in [6.07, 6.45) is 1.56. The van der Waals surface area contributed by atoms with Crippen LogP contribution in [0.5, 0.6) is 0 Å². The smallest absolute Gasteiger partial charge is 0.150 e. The Kier molecular flexibility index (Phi) is 3.53. The Morgan fingerprint density at radius 3 is 2.42 bits per heavy atom. The van der Waals surface area contributed by atoms with Gasteiger partial charge in [-0.3, -0.25) is 0 Å². The van der Waals surface area contributed by atoms with Gasteiger partial charge in [-0.1, -0.05) is 0 Å². The molecule has 1 saturated heterocycles. The van der Waals surface area contributed by atoms with Crippen molar-refractivity contribution in [3.05, 3.63) is 0 Å². The van der Waals surface area contributed by atoms with Crippen molar-refractivity contribution < 1.29 is 13.2 Å². The molecule has 1 aliphatic rings. The van der Waals surface area contributed by atoms with E-state index in [1.165, 1.54) is 0 Å². The van der Waals surface area contributed by atoms with Gasteiger partial charge in [-0.2, -0.15) is 0 Å². The van der Waals surface area contributed by atoms with Gasteiger partial charge in [0.1, 0.15) is 9.84 Å². The molecule has 4 heteroatoms. The molecule has 0 radical (unpaired) electrons. The molecule has 12 heavy (non-hydrogen) atoms. The first-order valence-corrected chi connectivity index (χ1v) is 6.24. The molecule has 1 aliphatic heterocycles. The van der Waals surface area contributed by atoms with E-state index in [-0.39, 0.29) is 0 Å². The molecule has 0 spiro atoms. The van der Waals surface area contributed by atoms with Crippen LogP contribution >= 0.6 is 0 Å². The minimum Gasteiger partial charge on any atom is -0.381 e. The van der Waals surface area contributed by atoms with Gasteiger partial charge in [0, 0.05) is 13.2 Å². The second kappa shape index (κ2) is 4.23. The standard InChI is InChI=1S/C8H16O3S/c1-2-11-7-8-3-5-12(9,10)6-4-8/h8H,2-7H2,1H3. The van der Waals surface area contributed by atoms with E-state index in [1.807, 2.05) is 6.92 Å². The first kappa shape index (κ1) is 9.99. The van der Waals surface area contributed by atoms with Crippen LogP contribution in [0.4, 0.5) is 0 Å². The fourth-order valence-electron chi connectivity index (χ4n) is 1.39. The van der Waals surface area contributed by atoms with Crippen LogP contribution in [0.3, 0.4) is 0 Å². The lowest BCUT2D eigenvalue weighted by molar-refractivity contribution is 0.106. The predicted octanol–water partition coefficient (Wildman–Crippen LogP) is 0.848. The normalized spacial score (nSPS) is 24.1. The molecule has 0 atom stereocenters. The Bertz CT molecular complexity index is 206. The average molecular weight is 192 g/mol. The number of hydrogen-bond donors (Lipinski definition) is 0. The first-order valence-electron chi connectivity index (χ1n) is 4.42. The van der Waals surface area contributed by atoms with Crippen molar-refractivity contribution in [1.82, 2.24) is 0 Å². The highest BCUT2D eigenvalue weighted by atomic mass is 32.2. The lowest BCUT2D eigenvalue weighted by atomic mass is 10.0. The Hall–Kier alpha value is -0.0900. The average Bonchev–Trinajstić information content (AvgIpc) is 2.03. The molecule has 1 rings (SSSR count). The number of ether oxygens (including phenoxy) is 1. The summed E-state index contributed by atoms with van der Waals surface area (Å²) in [7, 11) is -2.70. The Morgan fingerprint density at radius 1 is 1.33 bits per heavy atom. The van der Waals surface area contributed by atoms with Crippen LogP contribution in [0.25, 0.3) is 0 Å². The molecule has 0 unspecified atom stereocenters. The Labute approximate surface area is 74.0 Å². The highest BCUT2D eigenvalue weighted by molar-refractivity contribution is 7.91. The third kappa shape index (κ3) is 3.11. The van der Waals surface area contributed by atoms with Crippen molar-refractivity contribution >= 4 is 9.84 Å². The van der Waals surface area contributed by atoms with Gasteiger partial charge in [0.15, 0.2) is 0 Å². The molecule has 0 N–H and O–H groups in total. The molecule has 0 aromatic rings. The molecular weight excluding hydrogens is 176 g/mol. The third-order valence-electron chi connectivity index (χ3n) is 2.23. The maximum atomic E-state index is 11.0. The topological polar surface area (TPSA) is 43.4 Å². The monoisotopic (exact) mass is 192 g/mol. The first-order chi connectivity index (χ1) is 5.64. The summed E-state index contributed by atoms with van der Waals surface area (Å²) in [6.45, 7) is 3.41. The number of rotatable bonds is 3. The molecule has 3 nitrogen and oxygen atoms in total. The van der Waals surface area contributed by atoms with Crippen LogP contribution < -0.4 is 0 Å². The second-order valence-corrected chi connectivity index (χ2v) is 5.56. The van der Waals surface area contributed by atoms with Crippen molar-refractivity contribution in [3.8, 4) is 0 Å². The molecule has 1 heterocycles. The molecule has 0 aliphatic carbocycles. The summed E-state index contributed by atoms with van der Waals surface area (Å²) in [4.78, 5) is 0. The summed E-state index contributed by atoms with van der Waals surface area (Å²) in [6, 6.07) is 0. The predicted molar refractivity (Wildman–Crippen MR) is 47.9 cm³/mol. The lowest BCUT2D eigenvalue weighted by Gasteiger charge is -2.21. The van der Waals surface area contributed by atoms with E-state index in [0.717, 1.165) is 26.1 Å². The summed E-state index contributed by atoms with van der Waals surface area (Å²) in [5, 5.41) is 0. The van der Waals surface area contributed by atoms with Gasteiger partial charge in [0.25, 0.3) is 0 Å².